The zero-order valence-electron chi connectivity index (χ0n) is 19.7. The highest BCUT2D eigenvalue weighted by atomic mass is 16.4. The molecule has 0 aliphatic heterocycles. The number of hydrogen-bond donors (Lipinski definition) is 8. The van der Waals surface area contributed by atoms with E-state index in [2.05, 4.69) is 35.9 Å². The Morgan fingerprint density at radius 2 is 1.46 bits per heavy atom. The molecular weight excluding hydrogens is 484 g/mol. The van der Waals surface area contributed by atoms with Gasteiger partial charge in [-0.15, -0.1) is 0 Å². The fourth-order valence-electron chi connectivity index (χ4n) is 3.44. The van der Waals surface area contributed by atoms with Gasteiger partial charge in [0.25, 0.3) is 0 Å². The number of aromatic nitrogens is 4. The number of imidazole rings is 2. The van der Waals surface area contributed by atoms with Crippen LogP contribution in [0.2, 0.25) is 0 Å². The van der Waals surface area contributed by atoms with Gasteiger partial charge in [0.05, 0.1) is 25.2 Å². The van der Waals surface area contributed by atoms with Crippen molar-refractivity contribution in [3.8, 4) is 5.75 Å². The standard InChI is InChI=1S/C23H28N8O6/c24-17(5-13-1-3-16(32)4-2-13)21(34)31-18(6-14-8-25-11-28-14)22(35)27-10-20(33)30-19(23(36)37)7-15-9-26-12-29-15/h1-4,8-9,11-12,17-19,32H,5-7,10,24H2,(H,25,28)(H,26,29)(H,27,35)(H,30,33)(H,31,34)(H,36,37). The lowest BCUT2D eigenvalue weighted by Crippen LogP contribution is -2.54. The van der Waals surface area contributed by atoms with Crippen molar-refractivity contribution in [2.45, 2.75) is 37.4 Å². The van der Waals surface area contributed by atoms with Gasteiger partial charge in [-0.1, -0.05) is 12.1 Å². The number of carboxylic acid groups (broad SMARTS) is 1. The molecule has 1 aromatic carbocycles. The third-order valence-corrected chi connectivity index (χ3v) is 5.38. The van der Waals surface area contributed by atoms with Crippen LogP contribution in [0.3, 0.4) is 0 Å². The van der Waals surface area contributed by atoms with E-state index in [0.717, 1.165) is 5.56 Å². The van der Waals surface area contributed by atoms with Gasteiger partial charge in [-0.05, 0) is 24.1 Å². The van der Waals surface area contributed by atoms with Crippen molar-refractivity contribution in [1.82, 2.24) is 35.9 Å². The smallest absolute Gasteiger partial charge is 0.326 e. The molecule has 3 amide bonds. The van der Waals surface area contributed by atoms with Crippen LogP contribution in [0.25, 0.3) is 0 Å². The van der Waals surface area contributed by atoms with Crippen molar-refractivity contribution < 1.29 is 29.4 Å². The maximum atomic E-state index is 12.9. The minimum Gasteiger partial charge on any atom is -0.508 e. The molecule has 9 N–H and O–H groups in total. The molecule has 3 aromatic rings. The largest absolute Gasteiger partial charge is 0.508 e. The molecule has 3 unspecified atom stereocenters. The second-order valence-corrected chi connectivity index (χ2v) is 8.28. The molecule has 14 heteroatoms. The summed E-state index contributed by atoms with van der Waals surface area (Å²) < 4.78 is 0. The fourth-order valence-corrected chi connectivity index (χ4v) is 3.44. The molecular formula is C23H28N8O6. The highest BCUT2D eigenvalue weighted by Gasteiger charge is 2.26. The van der Waals surface area contributed by atoms with Gasteiger partial charge in [-0.3, -0.25) is 14.4 Å². The third-order valence-electron chi connectivity index (χ3n) is 5.38. The molecule has 0 bridgehead atoms. The van der Waals surface area contributed by atoms with E-state index >= 15 is 0 Å². The van der Waals surface area contributed by atoms with Gasteiger partial charge in [-0.25, -0.2) is 14.8 Å². The van der Waals surface area contributed by atoms with Crippen molar-refractivity contribution in [2.75, 3.05) is 6.54 Å². The highest BCUT2D eigenvalue weighted by Crippen LogP contribution is 2.11. The van der Waals surface area contributed by atoms with Crippen LogP contribution in [0.5, 0.6) is 5.75 Å². The highest BCUT2D eigenvalue weighted by molar-refractivity contribution is 5.92. The maximum absolute atomic E-state index is 12.9. The van der Waals surface area contributed by atoms with Crippen LogP contribution in [-0.2, 0) is 38.4 Å². The fraction of sp³-hybridized carbons (Fsp3) is 0.304. The molecule has 37 heavy (non-hydrogen) atoms. The molecule has 0 fully saturated rings. The number of hydrogen-bond acceptors (Lipinski definition) is 8. The Kier molecular flexibility index (Phi) is 9.32. The van der Waals surface area contributed by atoms with Crippen molar-refractivity contribution in [1.29, 1.82) is 0 Å². The number of nitrogens with zero attached hydrogens (tertiary/aromatic N) is 2. The number of carbonyl (C=O) groups is 4. The molecule has 0 spiro atoms. The minimum atomic E-state index is -1.25. The number of phenols is 1. The number of aromatic amines is 2. The summed E-state index contributed by atoms with van der Waals surface area (Å²) in [5, 5.41) is 26.1. The number of phenolic OH excluding ortho intramolecular Hbond substituents is 1. The van der Waals surface area contributed by atoms with Crippen LogP contribution in [0.4, 0.5) is 0 Å². The number of aliphatic carboxylic acids is 1. The second-order valence-electron chi connectivity index (χ2n) is 8.28. The van der Waals surface area contributed by atoms with E-state index in [0.29, 0.717) is 11.4 Å². The van der Waals surface area contributed by atoms with Gasteiger partial charge >= 0.3 is 5.97 Å². The van der Waals surface area contributed by atoms with E-state index in [1.807, 2.05) is 0 Å². The van der Waals surface area contributed by atoms with Crippen LogP contribution >= 0.6 is 0 Å². The molecule has 2 heterocycles. The summed E-state index contributed by atoms with van der Waals surface area (Å²) in [7, 11) is 0. The number of aromatic hydroxyl groups is 1. The first-order valence-electron chi connectivity index (χ1n) is 11.3. The molecule has 2 aromatic heterocycles. The quantitative estimate of drug-likeness (QED) is 0.131. The Bertz CT molecular complexity index is 1180. The first-order valence-corrected chi connectivity index (χ1v) is 11.3. The first kappa shape index (κ1) is 26.9. The van der Waals surface area contributed by atoms with Crippen LogP contribution in [0.1, 0.15) is 17.0 Å². The molecule has 0 aliphatic rings. The third kappa shape index (κ3) is 8.47. The zero-order valence-corrected chi connectivity index (χ0v) is 19.7. The van der Waals surface area contributed by atoms with Crippen LogP contribution < -0.4 is 21.7 Å². The van der Waals surface area contributed by atoms with Crippen molar-refractivity contribution in [3.05, 3.63) is 66.3 Å². The van der Waals surface area contributed by atoms with E-state index in [4.69, 9.17) is 5.73 Å². The van der Waals surface area contributed by atoms with Crippen molar-refractivity contribution in [2.24, 2.45) is 5.73 Å². The predicted octanol–water partition coefficient (Wildman–Crippen LogP) is -1.64. The van der Waals surface area contributed by atoms with Gasteiger partial charge in [0.15, 0.2) is 0 Å². The Morgan fingerprint density at radius 1 is 0.865 bits per heavy atom. The molecule has 3 rings (SSSR count). The van der Waals surface area contributed by atoms with E-state index in [1.165, 1.54) is 37.2 Å². The monoisotopic (exact) mass is 512 g/mol. The number of carboxylic acids is 1. The summed E-state index contributed by atoms with van der Waals surface area (Å²) in [6, 6.07) is 2.91. The summed E-state index contributed by atoms with van der Waals surface area (Å²) in [5.41, 5.74) is 7.81. The first-order chi connectivity index (χ1) is 17.7. The number of H-pyrrole nitrogens is 2. The Labute approximate surface area is 211 Å². The molecule has 0 radical (unpaired) electrons. The summed E-state index contributed by atoms with van der Waals surface area (Å²) >= 11 is 0. The number of benzene rings is 1. The van der Waals surface area contributed by atoms with Gasteiger partial charge in [0.2, 0.25) is 17.7 Å². The van der Waals surface area contributed by atoms with Gasteiger partial charge in [-0.2, -0.15) is 0 Å². The lowest BCUT2D eigenvalue weighted by atomic mass is 10.0. The summed E-state index contributed by atoms with van der Waals surface area (Å²) in [6.45, 7) is -0.513. The number of nitrogens with one attached hydrogen (secondary N) is 5. The lowest BCUT2D eigenvalue weighted by molar-refractivity contribution is -0.141. The summed E-state index contributed by atoms with van der Waals surface area (Å²) in [4.78, 5) is 62.7. The lowest BCUT2D eigenvalue weighted by Gasteiger charge is -2.21. The predicted molar refractivity (Wildman–Crippen MR) is 129 cm³/mol. The minimum absolute atomic E-state index is 0.0214. The van der Waals surface area contributed by atoms with E-state index in [9.17, 15) is 29.4 Å². The molecule has 0 aliphatic carbocycles. The zero-order chi connectivity index (χ0) is 26.8. The number of rotatable bonds is 13. The van der Waals surface area contributed by atoms with E-state index in [1.54, 1.807) is 12.1 Å². The second kappa shape index (κ2) is 12.8. The van der Waals surface area contributed by atoms with Crippen LogP contribution in [0, 0.1) is 0 Å². The van der Waals surface area contributed by atoms with Crippen LogP contribution in [0.15, 0.2) is 49.3 Å². The normalized spacial score (nSPS) is 13.2. The van der Waals surface area contributed by atoms with Crippen molar-refractivity contribution >= 4 is 23.7 Å². The van der Waals surface area contributed by atoms with E-state index in [-0.39, 0.29) is 25.0 Å². The maximum Gasteiger partial charge on any atom is 0.326 e. The summed E-state index contributed by atoms with van der Waals surface area (Å²) in [6.07, 6.45) is 5.93. The van der Waals surface area contributed by atoms with Gasteiger partial charge in [0, 0.05) is 36.6 Å². The number of nitrogens with two attached hydrogens (primary N) is 1. The molecule has 14 nitrogen and oxygen atoms in total. The average molecular weight is 513 g/mol. The SMILES string of the molecule is NC(Cc1ccc(O)cc1)C(=O)NC(Cc1cnc[nH]1)C(=O)NCC(=O)NC(Cc1cnc[nH]1)C(=O)O. The van der Waals surface area contributed by atoms with Crippen LogP contribution in [-0.4, -0.2) is 78.5 Å². The number of carbonyl (C=O) groups excluding carboxylic acids is 3. The Hall–Kier alpha value is -4.72. The average Bonchev–Trinajstić information content (AvgIpc) is 3.57. The van der Waals surface area contributed by atoms with Gasteiger partial charge in [0.1, 0.15) is 17.8 Å². The Balaban J connectivity index is 1.57. The van der Waals surface area contributed by atoms with E-state index < -0.39 is 48.4 Å². The Morgan fingerprint density at radius 3 is 2.00 bits per heavy atom. The van der Waals surface area contributed by atoms with Gasteiger partial charge < -0.3 is 41.9 Å². The molecule has 0 saturated heterocycles. The van der Waals surface area contributed by atoms with Crippen molar-refractivity contribution in [3.63, 3.8) is 0 Å². The molecule has 3 atom stereocenters. The number of amides is 3. The molecule has 196 valence electrons. The topological polar surface area (TPSA) is 228 Å². The summed E-state index contributed by atoms with van der Waals surface area (Å²) in [5.74, 6) is -3.16. The molecule has 0 saturated carbocycles.